The monoisotopic (exact) mass is 329 g/mol. The Balaban J connectivity index is 1.93. The third kappa shape index (κ3) is 4.21. The summed E-state index contributed by atoms with van der Waals surface area (Å²) in [6.07, 6.45) is 0. The van der Waals surface area contributed by atoms with Crippen molar-refractivity contribution in [1.82, 2.24) is 0 Å². The van der Waals surface area contributed by atoms with Crippen molar-refractivity contribution in [2.24, 2.45) is 4.99 Å². The Kier molecular flexibility index (Phi) is 5.37. The number of benzene rings is 3. The molecule has 3 rings (SSSR count). The summed E-state index contributed by atoms with van der Waals surface area (Å²) in [6.45, 7) is 0.490. The van der Waals surface area contributed by atoms with Gasteiger partial charge < -0.3 is 4.74 Å². The van der Waals surface area contributed by atoms with Crippen molar-refractivity contribution in [1.29, 1.82) is 0 Å². The lowest BCUT2D eigenvalue weighted by Gasteiger charge is -2.08. The number of esters is 1. The van der Waals surface area contributed by atoms with E-state index in [0.29, 0.717) is 12.1 Å². The molecule has 0 aliphatic carbocycles. The molecule has 0 aromatic heterocycles. The number of ether oxygens (including phenoxy) is 1. The summed E-state index contributed by atoms with van der Waals surface area (Å²) in [7, 11) is 1.38. The van der Waals surface area contributed by atoms with Gasteiger partial charge in [-0.3, -0.25) is 4.99 Å². The van der Waals surface area contributed by atoms with E-state index in [1.165, 1.54) is 7.11 Å². The highest BCUT2D eigenvalue weighted by molar-refractivity contribution is 6.12. The highest BCUT2D eigenvalue weighted by Crippen LogP contribution is 2.14. The van der Waals surface area contributed by atoms with Gasteiger partial charge in [0, 0.05) is 11.1 Å². The molecular weight excluding hydrogens is 310 g/mol. The smallest absolute Gasteiger partial charge is 0.337 e. The molecular formula is C22H19NO2. The second kappa shape index (κ2) is 8.06. The summed E-state index contributed by atoms with van der Waals surface area (Å²) >= 11 is 0. The molecule has 3 heteroatoms. The molecule has 124 valence electrons. The number of carbonyl (C=O) groups excluding carboxylic acids is 1. The molecule has 0 spiro atoms. The summed E-state index contributed by atoms with van der Waals surface area (Å²) in [5.41, 5.74) is 4.57. The molecule has 0 aliphatic heterocycles. The van der Waals surface area contributed by atoms with Crippen LogP contribution in [0.3, 0.4) is 0 Å². The zero-order chi connectivity index (χ0) is 17.5. The van der Waals surface area contributed by atoms with E-state index in [4.69, 9.17) is 9.73 Å². The largest absolute Gasteiger partial charge is 0.465 e. The van der Waals surface area contributed by atoms with Crippen LogP contribution < -0.4 is 0 Å². The maximum Gasteiger partial charge on any atom is 0.337 e. The van der Waals surface area contributed by atoms with Gasteiger partial charge in [0.15, 0.2) is 0 Å². The van der Waals surface area contributed by atoms with Crippen LogP contribution in [-0.2, 0) is 11.3 Å². The van der Waals surface area contributed by atoms with Gasteiger partial charge in [-0.1, -0.05) is 72.8 Å². The van der Waals surface area contributed by atoms with Gasteiger partial charge in [-0.15, -0.1) is 0 Å². The molecule has 25 heavy (non-hydrogen) atoms. The van der Waals surface area contributed by atoms with Gasteiger partial charge in [-0.05, 0) is 17.7 Å². The molecule has 0 fully saturated rings. The van der Waals surface area contributed by atoms with Crippen LogP contribution in [0.2, 0.25) is 0 Å². The van der Waals surface area contributed by atoms with Crippen LogP contribution in [0.15, 0.2) is 89.9 Å². The number of aliphatic imine (C=N–C) groups is 1. The van der Waals surface area contributed by atoms with Crippen molar-refractivity contribution in [2.45, 2.75) is 6.54 Å². The van der Waals surface area contributed by atoms with Crippen LogP contribution in [0.1, 0.15) is 27.0 Å². The Hall–Kier alpha value is -3.20. The number of nitrogens with zero attached hydrogens (tertiary/aromatic N) is 1. The lowest BCUT2D eigenvalue weighted by atomic mass is 10.0. The van der Waals surface area contributed by atoms with Gasteiger partial charge in [0.1, 0.15) is 0 Å². The number of rotatable bonds is 5. The van der Waals surface area contributed by atoms with Gasteiger partial charge in [-0.25, -0.2) is 4.79 Å². The molecule has 0 bridgehead atoms. The topological polar surface area (TPSA) is 38.7 Å². The van der Waals surface area contributed by atoms with E-state index in [9.17, 15) is 4.79 Å². The fraction of sp³-hybridized carbons (Fsp3) is 0.0909. The van der Waals surface area contributed by atoms with E-state index >= 15 is 0 Å². The number of hydrogen-bond acceptors (Lipinski definition) is 3. The standard InChI is InChI=1S/C22H19NO2/c1-25-22(24)20-14-8-9-17(15-20)16-23-21(18-10-4-2-5-11-18)19-12-6-3-7-13-19/h2-15H,16H2,1H3. The van der Waals surface area contributed by atoms with Crippen LogP contribution in [0, 0.1) is 0 Å². The molecule has 0 radical (unpaired) electrons. The Morgan fingerprint density at radius 2 is 1.36 bits per heavy atom. The zero-order valence-electron chi connectivity index (χ0n) is 14.1. The maximum atomic E-state index is 11.7. The fourth-order valence-corrected chi connectivity index (χ4v) is 2.63. The highest BCUT2D eigenvalue weighted by Gasteiger charge is 2.08. The lowest BCUT2D eigenvalue weighted by molar-refractivity contribution is 0.0600. The number of methoxy groups -OCH3 is 1. The third-order valence-electron chi connectivity index (χ3n) is 3.86. The summed E-state index contributed by atoms with van der Waals surface area (Å²) < 4.78 is 4.78. The second-order valence-corrected chi connectivity index (χ2v) is 5.59. The van der Waals surface area contributed by atoms with Gasteiger partial charge >= 0.3 is 5.97 Å². The third-order valence-corrected chi connectivity index (χ3v) is 3.86. The van der Waals surface area contributed by atoms with Crippen molar-refractivity contribution in [3.8, 4) is 0 Å². The number of hydrogen-bond donors (Lipinski definition) is 0. The second-order valence-electron chi connectivity index (χ2n) is 5.59. The normalized spacial score (nSPS) is 10.1. The van der Waals surface area contributed by atoms with Crippen molar-refractivity contribution in [2.75, 3.05) is 7.11 Å². The van der Waals surface area contributed by atoms with E-state index in [-0.39, 0.29) is 5.97 Å². The van der Waals surface area contributed by atoms with Gasteiger partial charge in [-0.2, -0.15) is 0 Å². The molecule has 0 saturated carbocycles. The first kappa shape index (κ1) is 16.7. The van der Waals surface area contributed by atoms with Crippen LogP contribution in [0.5, 0.6) is 0 Å². The van der Waals surface area contributed by atoms with E-state index in [0.717, 1.165) is 22.4 Å². The molecule has 0 amide bonds. The SMILES string of the molecule is COC(=O)c1cccc(CN=C(c2ccccc2)c2ccccc2)c1. The first-order chi connectivity index (χ1) is 12.3. The lowest BCUT2D eigenvalue weighted by Crippen LogP contribution is -2.05. The Morgan fingerprint density at radius 3 is 1.92 bits per heavy atom. The van der Waals surface area contributed by atoms with Crippen molar-refractivity contribution in [3.05, 3.63) is 107 Å². The van der Waals surface area contributed by atoms with Crippen LogP contribution in [-0.4, -0.2) is 18.8 Å². The van der Waals surface area contributed by atoms with Crippen LogP contribution in [0.4, 0.5) is 0 Å². The molecule has 0 N–H and O–H groups in total. The fourth-order valence-electron chi connectivity index (χ4n) is 2.63. The number of carbonyl (C=O) groups is 1. The Morgan fingerprint density at radius 1 is 0.800 bits per heavy atom. The Labute approximate surface area is 147 Å². The minimum atomic E-state index is -0.336. The predicted octanol–water partition coefficient (Wildman–Crippen LogP) is 4.51. The first-order valence-corrected chi connectivity index (χ1v) is 8.10. The predicted molar refractivity (Wildman–Crippen MR) is 100 cm³/mol. The molecule has 3 aromatic carbocycles. The molecule has 0 saturated heterocycles. The van der Waals surface area contributed by atoms with Gasteiger partial charge in [0.25, 0.3) is 0 Å². The van der Waals surface area contributed by atoms with E-state index in [1.54, 1.807) is 6.07 Å². The molecule has 0 heterocycles. The quantitative estimate of drug-likeness (QED) is 0.510. The summed E-state index contributed by atoms with van der Waals surface area (Å²) in [5, 5.41) is 0. The highest BCUT2D eigenvalue weighted by atomic mass is 16.5. The summed E-state index contributed by atoms with van der Waals surface area (Å²) in [6, 6.07) is 27.6. The molecule has 3 aromatic rings. The van der Waals surface area contributed by atoms with Gasteiger partial charge in [0.05, 0.1) is 24.9 Å². The Bertz CT molecular complexity index is 829. The summed E-state index contributed by atoms with van der Waals surface area (Å²) in [5.74, 6) is -0.336. The van der Waals surface area contributed by atoms with Crippen molar-refractivity contribution < 1.29 is 9.53 Å². The maximum absolute atomic E-state index is 11.7. The molecule has 0 unspecified atom stereocenters. The summed E-state index contributed by atoms with van der Waals surface area (Å²) in [4.78, 5) is 16.5. The molecule has 0 atom stereocenters. The minimum Gasteiger partial charge on any atom is -0.465 e. The van der Waals surface area contributed by atoms with E-state index < -0.39 is 0 Å². The first-order valence-electron chi connectivity index (χ1n) is 8.10. The van der Waals surface area contributed by atoms with E-state index in [1.807, 2.05) is 54.6 Å². The zero-order valence-corrected chi connectivity index (χ0v) is 14.1. The molecule has 3 nitrogen and oxygen atoms in total. The van der Waals surface area contributed by atoms with Crippen LogP contribution in [0.25, 0.3) is 0 Å². The van der Waals surface area contributed by atoms with E-state index in [2.05, 4.69) is 24.3 Å². The van der Waals surface area contributed by atoms with Crippen molar-refractivity contribution in [3.63, 3.8) is 0 Å². The average molecular weight is 329 g/mol. The minimum absolute atomic E-state index is 0.336. The molecule has 0 aliphatic rings. The van der Waals surface area contributed by atoms with Crippen LogP contribution >= 0.6 is 0 Å². The average Bonchev–Trinajstić information content (AvgIpc) is 2.69. The van der Waals surface area contributed by atoms with Crippen molar-refractivity contribution >= 4 is 11.7 Å². The van der Waals surface area contributed by atoms with Gasteiger partial charge in [0.2, 0.25) is 0 Å².